The summed E-state index contributed by atoms with van der Waals surface area (Å²) in [6.07, 6.45) is 2.08. The molecule has 2 aliphatic heterocycles. The molecule has 1 aromatic rings. The number of hydrogen-bond acceptors (Lipinski definition) is 5. The van der Waals surface area contributed by atoms with Crippen LogP contribution in [0.1, 0.15) is 12.8 Å². The molecule has 0 amide bonds. The maximum absolute atomic E-state index is 13.1. The topological polar surface area (TPSA) is 61.4 Å². The molecule has 2 fully saturated rings. The molecule has 9 heteroatoms. The summed E-state index contributed by atoms with van der Waals surface area (Å²) < 4.78 is 24.2. The highest BCUT2D eigenvalue weighted by Gasteiger charge is 2.17. The van der Waals surface area contributed by atoms with Gasteiger partial charge in [0.05, 0.1) is 13.2 Å². The molecule has 2 N–H and O–H groups in total. The molecule has 0 spiro atoms. The molecule has 7 nitrogen and oxygen atoms in total. The quantitative estimate of drug-likeness (QED) is 0.202. The predicted octanol–water partition coefficient (Wildman–Crippen LogP) is 2.17. The molecule has 2 heterocycles. The fourth-order valence-electron chi connectivity index (χ4n) is 3.78. The molecule has 1 unspecified atom stereocenters. The zero-order chi connectivity index (χ0) is 21.0. The molecule has 1 atom stereocenters. The minimum Gasteiger partial charge on any atom is -0.381 e. The summed E-state index contributed by atoms with van der Waals surface area (Å²) in [6.45, 7) is 9.91. The number of guanidine groups is 1. The molecule has 176 valence electrons. The van der Waals surface area contributed by atoms with Crippen molar-refractivity contribution >= 4 is 35.6 Å². The lowest BCUT2D eigenvalue weighted by Gasteiger charge is -2.36. The summed E-state index contributed by atoms with van der Waals surface area (Å²) in [5.41, 5.74) is 1.10. The van der Waals surface area contributed by atoms with Gasteiger partial charge in [0.15, 0.2) is 5.96 Å². The van der Waals surface area contributed by atoms with E-state index in [0.29, 0.717) is 5.92 Å². The third-order valence-electron chi connectivity index (χ3n) is 5.64. The average molecular weight is 549 g/mol. The Labute approximate surface area is 202 Å². The lowest BCUT2D eigenvalue weighted by molar-refractivity contribution is 0.0888. The molecule has 2 saturated heterocycles. The van der Waals surface area contributed by atoms with E-state index >= 15 is 0 Å². The first kappa shape index (κ1) is 26.1. The van der Waals surface area contributed by atoms with E-state index in [0.717, 1.165) is 96.7 Å². The van der Waals surface area contributed by atoms with Gasteiger partial charge in [0.1, 0.15) is 5.82 Å². The van der Waals surface area contributed by atoms with E-state index in [-0.39, 0.29) is 29.8 Å². The maximum atomic E-state index is 13.1. The molecule has 31 heavy (non-hydrogen) atoms. The molecule has 0 aliphatic carbocycles. The Hall–Kier alpha value is -1.17. The van der Waals surface area contributed by atoms with Gasteiger partial charge in [-0.05, 0) is 37.1 Å². The summed E-state index contributed by atoms with van der Waals surface area (Å²) >= 11 is 0. The van der Waals surface area contributed by atoms with Gasteiger partial charge < -0.3 is 25.0 Å². The number of halogens is 2. The first-order chi connectivity index (χ1) is 14.7. The van der Waals surface area contributed by atoms with E-state index in [1.54, 1.807) is 7.05 Å². The second kappa shape index (κ2) is 14.8. The standard InChI is InChI=1S/C22H36FN5O2.HI/c1-24-22(25-8-2-15-29-17-19-7-16-30-18-19)26-9-10-27-11-13-28(14-12-27)21-5-3-20(23)4-6-21;/h3-6,19H,2,7-18H2,1H3,(H2,24,25,26);1H. The van der Waals surface area contributed by atoms with Crippen LogP contribution in [0.2, 0.25) is 0 Å². The van der Waals surface area contributed by atoms with Crippen molar-refractivity contribution in [2.24, 2.45) is 10.9 Å². The number of aliphatic imine (C=N–C) groups is 1. The zero-order valence-electron chi connectivity index (χ0n) is 18.5. The van der Waals surface area contributed by atoms with Crippen LogP contribution in [0.4, 0.5) is 10.1 Å². The number of benzene rings is 1. The Kier molecular flexibility index (Phi) is 12.5. The highest BCUT2D eigenvalue weighted by atomic mass is 127. The van der Waals surface area contributed by atoms with Gasteiger partial charge >= 0.3 is 0 Å². The molecule has 0 saturated carbocycles. The van der Waals surface area contributed by atoms with Gasteiger partial charge in [-0.25, -0.2) is 4.39 Å². The monoisotopic (exact) mass is 549 g/mol. The van der Waals surface area contributed by atoms with Crippen LogP contribution in [-0.4, -0.2) is 90.1 Å². The maximum Gasteiger partial charge on any atom is 0.191 e. The molecule has 1 aromatic carbocycles. The van der Waals surface area contributed by atoms with Crippen LogP contribution in [0.25, 0.3) is 0 Å². The van der Waals surface area contributed by atoms with Crippen LogP contribution < -0.4 is 15.5 Å². The van der Waals surface area contributed by atoms with Crippen LogP contribution in [0.3, 0.4) is 0 Å². The van der Waals surface area contributed by atoms with Crippen molar-refractivity contribution in [3.8, 4) is 0 Å². The molecule has 2 aliphatic rings. The van der Waals surface area contributed by atoms with Crippen molar-refractivity contribution in [1.29, 1.82) is 0 Å². The third kappa shape index (κ3) is 9.46. The fraction of sp³-hybridized carbons (Fsp3) is 0.682. The van der Waals surface area contributed by atoms with Crippen LogP contribution in [0.15, 0.2) is 29.3 Å². The van der Waals surface area contributed by atoms with Crippen LogP contribution in [-0.2, 0) is 9.47 Å². The SMILES string of the molecule is CN=C(NCCCOCC1CCOC1)NCCN1CCN(c2ccc(F)cc2)CC1.I. The molecular formula is C22H37FIN5O2. The Morgan fingerprint density at radius 2 is 1.90 bits per heavy atom. The molecule has 0 aromatic heterocycles. The zero-order valence-corrected chi connectivity index (χ0v) is 20.9. The van der Waals surface area contributed by atoms with Gasteiger partial charge in [0.25, 0.3) is 0 Å². The number of nitrogens with zero attached hydrogens (tertiary/aromatic N) is 3. The second-order valence-electron chi connectivity index (χ2n) is 7.89. The van der Waals surface area contributed by atoms with E-state index < -0.39 is 0 Å². The highest BCUT2D eigenvalue weighted by molar-refractivity contribution is 14.0. The molecule has 0 bridgehead atoms. The van der Waals surface area contributed by atoms with Crippen molar-refractivity contribution in [3.63, 3.8) is 0 Å². The first-order valence-electron chi connectivity index (χ1n) is 11.1. The number of nitrogens with one attached hydrogen (secondary N) is 2. The number of ether oxygens (including phenoxy) is 2. The van der Waals surface area contributed by atoms with Crippen LogP contribution >= 0.6 is 24.0 Å². The van der Waals surface area contributed by atoms with Crippen molar-refractivity contribution in [2.45, 2.75) is 12.8 Å². The normalized spacial score (nSPS) is 19.9. The van der Waals surface area contributed by atoms with E-state index in [4.69, 9.17) is 9.47 Å². The summed E-state index contributed by atoms with van der Waals surface area (Å²) in [5.74, 6) is 1.23. The molecule has 0 radical (unpaired) electrons. The van der Waals surface area contributed by atoms with E-state index in [2.05, 4.69) is 25.4 Å². The van der Waals surface area contributed by atoms with Gasteiger partial charge in [-0.1, -0.05) is 0 Å². The van der Waals surface area contributed by atoms with Gasteiger partial charge in [0, 0.05) is 77.7 Å². The number of rotatable bonds is 10. The van der Waals surface area contributed by atoms with Crippen molar-refractivity contribution in [1.82, 2.24) is 15.5 Å². The van der Waals surface area contributed by atoms with Gasteiger partial charge in [0.2, 0.25) is 0 Å². The third-order valence-corrected chi connectivity index (χ3v) is 5.64. The predicted molar refractivity (Wildman–Crippen MR) is 134 cm³/mol. The van der Waals surface area contributed by atoms with E-state index in [1.807, 2.05) is 12.1 Å². The smallest absolute Gasteiger partial charge is 0.191 e. The Morgan fingerprint density at radius 1 is 1.16 bits per heavy atom. The summed E-state index contributed by atoms with van der Waals surface area (Å²) in [5, 5.41) is 6.73. The molecule has 3 rings (SSSR count). The van der Waals surface area contributed by atoms with Crippen molar-refractivity contribution < 1.29 is 13.9 Å². The Morgan fingerprint density at radius 3 is 2.58 bits per heavy atom. The highest BCUT2D eigenvalue weighted by Crippen LogP contribution is 2.16. The number of hydrogen-bond donors (Lipinski definition) is 2. The number of piperazine rings is 1. The lowest BCUT2D eigenvalue weighted by Crippen LogP contribution is -2.49. The average Bonchev–Trinajstić information content (AvgIpc) is 3.29. The Balaban J connectivity index is 0.00000341. The van der Waals surface area contributed by atoms with Gasteiger partial charge in [-0.3, -0.25) is 9.89 Å². The Bertz CT molecular complexity index is 635. The van der Waals surface area contributed by atoms with Crippen molar-refractivity contribution in [3.05, 3.63) is 30.1 Å². The largest absolute Gasteiger partial charge is 0.381 e. The van der Waals surface area contributed by atoms with E-state index in [9.17, 15) is 4.39 Å². The minimum atomic E-state index is -0.183. The second-order valence-corrected chi connectivity index (χ2v) is 7.89. The van der Waals surface area contributed by atoms with Crippen LogP contribution in [0.5, 0.6) is 0 Å². The van der Waals surface area contributed by atoms with E-state index in [1.165, 1.54) is 12.1 Å². The van der Waals surface area contributed by atoms with Crippen LogP contribution in [0, 0.1) is 11.7 Å². The minimum absolute atomic E-state index is 0. The summed E-state index contributed by atoms with van der Waals surface area (Å²) in [7, 11) is 1.80. The van der Waals surface area contributed by atoms with Gasteiger partial charge in [-0.15, -0.1) is 24.0 Å². The summed E-state index contributed by atoms with van der Waals surface area (Å²) in [6, 6.07) is 6.77. The lowest BCUT2D eigenvalue weighted by atomic mass is 10.1. The first-order valence-corrected chi connectivity index (χ1v) is 11.1. The summed E-state index contributed by atoms with van der Waals surface area (Å²) in [4.78, 5) is 9.05. The van der Waals surface area contributed by atoms with Gasteiger partial charge in [-0.2, -0.15) is 0 Å². The molecular weight excluding hydrogens is 512 g/mol. The fourth-order valence-corrected chi connectivity index (χ4v) is 3.78. The van der Waals surface area contributed by atoms with Crippen molar-refractivity contribution in [2.75, 3.05) is 84.2 Å². The number of anilines is 1.